The first-order chi connectivity index (χ1) is 14.1. The quantitative estimate of drug-likeness (QED) is 0.835. The summed E-state index contributed by atoms with van der Waals surface area (Å²) in [7, 11) is 0. The molecule has 8 heteroatoms. The highest BCUT2D eigenvalue weighted by molar-refractivity contribution is 6.05. The Morgan fingerprint density at radius 2 is 2.03 bits per heavy atom. The highest BCUT2D eigenvalue weighted by Crippen LogP contribution is 2.39. The second kappa shape index (κ2) is 7.02. The van der Waals surface area contributed by atoms with E-state index in [0.29, 0.717) is 23.2 Å². The lowest BCUT2D eigenvalue weighted by atomic mass is 10.1. The second-order valence-electron chi connectivity index (χ2n) is 8.04. The first-order valence-corrected chi connectivity index (χ1v) is 10.2. The van der Waals surface area contributed by atoms with E-state index in [1.54, 1.807) is 29.3 Å². The van der Waals surface area contributed by atoms with Crippen molar-refractivity contribution in [1.82, 2.24) is 15.3 Å². The Hall–Kier alpha value is -3.16. The van der Waals surface area contributed by atoms with Crippen LogP contribution in [-0.2, 0) is 0 Å². The van der Waals surface area contributed by atoms with E-state index in [9.17, 15) is 9.59 Å². The fraction of sp³-hybridized carbons (Fsp3) is 0.429. The molecule has 5 rings (SSSR count). The van der Waals surface area contributed by atoms with Crippen LogP contribution in [0.4, 0.5) is 22.1 Å². The Bertz CT molecular complexity index is 945. The Balaban J connectivity index is 1.43. The molecule has 2 N–H and O–H groups in total. The zero-order valence-corrected chi connectivity index (χ0v) is 16.3. The van der Waals surface area contributed by atoms with Gasteiger partial charge in [-0.15, -0.1) is 0 Å². The van der Waals surface area contributed by atoms with Crippen LogP contribution in [-0.4, -0.2) is 47.1 Å². The van der Waals surface area contributed by atoms with Crippen molar-refractivity contribution in [2.75, 3.05) is 28.2 Å². The maximum atomic E-state index is 13.1. The summed E-state index contributed by atoms with van der Waals surface area (Å²) in [4.78, 5) is 38.5. The highest BCUT2D eigenvalue weighted by Gasteiger charge is 2.40. The van der Waals surface area contributed by atoms with Gasteiger partial charge in [-0.05, 0) is 56.4 Å². The standard InChI is InChI=1S/C21H24N6O2/c1-13(14-5-6-14)23-20(28)16-7-8-17-19(24-16)27(15-9-11-26(17)12-15)21(29)25-18-4-2-3-10-22-18/h2-4,7-8,10,13-15H,5-6,9,11-12H2,1H3,(H,23,28)(H,22,25,29)/t13-,15-/m0/s1. The van der Waals surface area contributed by atoms with Crippen molar-refractivity contribution in [2.24, 2.45) is 5.92 Å². The minimum absolute atomic E-state index is 0.0300. The number of nitrogens with one attached hydrogen (secondary N) is 2. The van der Waals surface area contributed by atoms with Crippen LogP contribution in [0.15, 0.2) is 36.5 Å². The smallest absolute Gasteiger partial charge is 0.329 e. The summed E-state index contributed by atoms with van der Waals surface area (Å²) in [5, 5.41) is 5.90. The molecule has 8 nitrogen and oxygen atoms in total. The molecule has 2 bridgehead atoms. The molecule has 0 radical (unpaired) electrons. The minimum atomic E-state index is -0.270. The van der Waals surface area contributed by atoms with Crippen molar-refractivity contribution in [3.63, 3.8) is 0 Å². The molecule has 2 atom stereocenters. The van der Waals surface area contributed by atoms with Crippen molar-refractivity contribution >= 4 is 29.3 Å². The molecule has 1 saturated carbocycles. The molecular formula is C21H24N6O2. The van der Waals surface area contributed by atoms with E-state index >= 15 is 0 Å². The summed E-state index contributed by atoms with van der Waals surface area (Å²) in [5.41, 5.74) is 1.23. The van der Waals surface area contributed by atoms with Crippen LogP contribution < -0.4 is 20.4 Å². The van der Waals surface area contributed by atoms with E-state index < -0.39 is 0 Å². The van der Waals surface area contributed by atoms with Gasteiger partial charge in [0.15, 0.2) is 5.82 Å². The maximum Gasteiger partial charge on any atom is 0.329 e. The summed E-state index contributed by atoms with van der Waals surface area (Å²) in [6.07, 6.45) is 4.83. The summed E-state index contributed by atoms with van der Waals surface area (Å²) in [6, 6.07) is 8.93. The molecular weight excluding hydrogens is 368 g/mol. The van der Waals surface area contributed by atoms with Gasteiger partial charge in [0.25, 0.3) is 5.91 Å². The van der Waals surface area contributed by atoms with Crippen LogP contribution in [0.5, 0.6) is 0 Å². The number of amides is 3. The number of pyridine rings is 2. The third kappa shape index (κ3) is 3.39. The maximum absolute atomic E-state index is 13.1. The van der Waals surface area contributed by atoms with E-state index in [2.05, 4.69) is 25.5 Å². The van der Waals surface area contributed by atoms with Gasteiger partial charge in [0.2, 0.25) is 0 Å². The zero-order chi connectivity index (χ0) is 20.0. The van der Waals surface area contributed by atoms with Crippen molar-refractivity contribution in [2.45, 2.75) is 38.3 Å². The van der Waals surface area contributed by atoms with Gasteiger partial charge in [0.05, 0.1) is 11.7 Å². The van der Waals surface area contributed by atoms with Gasteiger partial charge in [0, 0.05) is 25.3 Å². The fourth-order valence-corrected chi connectivity index (χ4v) is 4.20. The number of carbonyl (C=O) groups excluding carboxylic acids is 2. The Kier molecular flexibility index (Phi) is 4.34. The normalized spacial score (nSPS) is 20.8. The van der Waals surface area contributed by atoms with Crippen LogP contribution in [0, 0.1) is 5.92 Å². The first kappa shape index (κ1) is 17.9. The van der Waals surface area contributed by atoms with Crippen LogP contribution in [0.25, 0.3) is 0 Å². The summed E-state index contributed by atoms with van der Waals surface area (Å²) >= 11 is 0. The Labute approximate surface area is 169 Å². The molecule has 29 heavy (non-hydrogen) atoms. The molecule has 1 aliphatic carbocycles. The molecule has 1 saturated heterocycles. The number of carbonyl (C=O) groups is 2. The minimum Gasteiger partial charge on any atom is -0.366 e. The van der Waals surface area contributed by atoms with Gasteiger partial charge < -0.3 is 10.2 Å². The van der Waals surface area contributed by atoms with E-state index in [4.69, 9.17) is 0 Å². The third-order valence-electron chi connectivity index (χ3n) is 5.99. The number of fused-ring (bicyclic) bond motifs is 4. The van der Waals surface area contributed by atoms with E-state index in [0.717, 1.165) is 38.0 Å². The first-order valence-electron chi connectivity index (χ1n) is 10.2. The Morgan fingerprint density at radius 3 is 2.79 bits per heavy atom. The van der Waals surface area contributed by atoms with Crippen molar-refractivity contribution in [3.8, 4) is 0 Å². The van der Waals surface area contributed by atoms with Gasteiger partial charge in [-0.25, -0.2) is 14.8 Å². The van der Waals surface area contributed by atoms with Gasteiger partial charge >= 0.3 is 6.03 Å². The lowest BCUT2D eigenvalue weighted by Gasteiger charge is -2.35. The average Bonchev–Trinajstić information content (AvgIpc) is 3.50. The molecule has 150 valence electrons. The monoisotopic (exact) mass is 392 g/mol. The Morgan fingerprint density at radius 1 is 1.17 bits per heavy atom. The second-order valence-corrected chi connectivity index (χ2v) is 8.04. The van der Waals surface area contributed by atoms with E-state index in [1.165, 1.54) is 0 Å². The predicted molar refractivity (Wildman–Crippen MR) is 110 cm³/mol. The zero-order valence-electron chi connectivity index (χ0n) is 16.3. The van der Waals surface area contributed by atoms with Crippen molar-refractivity contribution < 1.29 is 9.59 Å². The van der Waals surface area contributed by atoms with Crippen molar-refractivity contribution in [1.29, 1.82) is 0 Å². The number of hydrogen-bond acceptors (Lipinski definition) is 5. The summed E-state index contributed by atoms with van der Waals surface area (Å²) in [5.74, 6) is 1.41. The number of aromatic nitrogens is 2. The van der Waals surface area contributed by atoms with Crippen LogP contribution in [0.1, 0.15) is 36.7 Å². The topological polar surface area (TPSA) is 90.5 Å². The summed E-state index contributed by atoms with van der Waals surface area (Å²) in [6.45, 7) is 3.68. The van der Waals surface area contributed by atoms with Crippen LogP contribution in [0.3, 0.4) is 0 Å². The lowest BCUT2D eigenvalue weighted by Crippen LogP contribution is -2.48. The average molecular weight is 392 g/mol. The number of hydrogen-bond donors (Lipinski definition) is 2. The molecule has 3 aliphatic rings. The number of nitrogens with zero attached hydrogens (tertiary/aromatic N) is 4. The molecule has 0 aromatic carbocycles. The molecule has 0 unspecified atom stereocenters. The molecule has 0 spiro atoms. The summed E-state index contributed by atoms with van der Waals surface area (Å²) < 4.78 is 0. The molecule has 2 fully saturated rings. The van der Waals surface area contributed by atoms with Gasteiger partial charge in [-0.3, -0.25) is 15.0 Å². The molecule has 4 heterocycles. The largest absolute Gasteiger partial charge is 0.366 e. The van der Waals surface area contributed by atoms with Crippen LogP contribution in [0.2, 0.25) is 0 Å². The lowest BCUT2D eigenvalue weighted by molar-refractivity contribution is 0.0930. The SMILES string of the molecule is C[C@H](NC(=O)c1ccc2c(n1)N(C(=O)Nc1ccccn1)[C@H]1CCN2C1)C1CC1. The fourth-order valence-electron chi connectivity index (χ4n) is 4.20. The van der Waals surface area contributed by atoms with E-state index in [-0.39, 0.29) is 24.0 Å². The molecule has 2 aliphatic heterocycles. The van der Waals surface area contributed by atoms with Gasteiger partial charge in [0.1, 0.15) is 11.5 Å². The van der Waals surface area contributed by atoms with Gasteiger partial charge in [-0.1, -0.05) is 6.07 Å². The van der Waals surface area contributed by atoms with Crippen molar-refractivity contribution in [3.05, 3.63) is 42.2 Å². The number of rotatable bonds is 4. The van der Waals surface area contributed by atoms with E-state index in [1.807, 2.05) is 19.1 Å². The highest BCUT2D eigenvalue weighted by atomic mass is 16.2. The predicted octanol–water partition coefficient (Wildman–Crippen LogP) is 2.64. The molecule has 2 aromatic rings. The molecule has 3 amide bonds. The number of urea groups is 1. The number of anilines is 3. The third-order valence-corrected chi connectivity index (χ3v) is 5.99. The molecule has 2 aromatic heterocycles. The van der Waals surface area contributed by atoms with Gasteiger partial charge in [-0.2, -0.15) is 0 Å². The van der Waals surface area contributed by atoms with Crippen LogP contribution >= 0.6 is 0 Å².